The average molecular weight is 387 g/mol. The number of nitrogens with zero attached hydrogens (tertiary/aromatic N) is 3. The molecule has 1 amide bonds. The largest absolute Gasteiger partial charge is 0.481 e. The number of aromatic nitrogens is 3. The highest BCUT2D eigenvalue weighted by molar-refractivity contribution is 9.10. The Morgan fingerprint density at radius 3 is 2.54 bits per heavy atom. The molecule has 0 unspecified atom stereocenters. The van der Waals surface area contributed by atoms with Gasteiger partial charge in [-0.15, -0.1) is 0 Å². The van der Waals surface area contributed by atoms with Crippen LogP contribution < -0.4 is 10.1 Å². The van der Waals surface area contributed by atoms with Crippen molar-refractivity contribution in [2.24, 2.45) is 0 Å². The highest BCUT2D eigenvalue weighted by atomic mass is 79.9. The third-order valence-electron chi connectivity index (χ3n) is 3.53. The number of anilines is 1. The van der Waals surface area contributed by atoms with E-state index in [-0.39, 0.29) is 5.91 Å². The number of carbonyl (C=O) groups excluding carboxylic acids is 1. The van der Waals surface area contributed by atoms with E-state index in [0.717, 1.165) is 15.9 Å². The van der Waals surface area contributed by atoms with E-state index in [2.05, 4.69) is 31.3 Å². The first-order valence-electron chi connectivity index (χ1n) is 7.20. The fraction of sp³-hybridized carbons (Fsp3) is 0.118. The number of rotatable bonds is 4. The first-order valence-corrected chi connectivity index (χ1v) is 8.00. The van der Waals surface area contributed by atoms with Gasteiger partial charge in [-0.25, -0.2) is 9.67 Å². The molecule has 7 heteroatoms. The fourth-order valence-corrected chi connectivity index (χ4v) is 2.51. The lowest BCUT2D eigenvalue weighted by atomic mass is 10.2. The molecule has 122 valence electrons. The van der Waals surface area contributed by atoms with E-state index in [1.807, 2.05) is 31.2 Å². The van der Waals surface area contributed by atoms with E-state index >= 15 is 0 Å². The Bertz CT molecular complexity index is 857. The summed E-state index contributed by atoms with van der Waals surface area (Å²) < 4.78 is 7.71. The molecule has 0 fully saturated rings. The molecule has 2 heterocycles. The minimum atomic E-state index is -0.233. The smallest absolute Gasteiger partial charge is 0.259 e. The van der Waals surface area contributed by atoms with Crippen LogP contribution in [0.5, 0.6) is 5.88 Å². The molecule has 0 atom stereocenters. The van der Waals surface area contributed by atoms with Gasteiger partial charge < -0.3 is 10.1 Å². The zero-order valence-electron chi connectivity index (χ0n) is 13.2. The maximum Gasteiger partial charge on any atom is 0.259 e. The van der Waals surface area contributed by atoms with Gasteiger partial charge in [0.1, 0.15) is 0 Å². The van der Waals surface area contributed by atoms with Crippen LogP contribution in [-0.2, 0) is 0 Å². The van der Waals surface area contributed by atoms with Gasteiger partial charge in [0.25, 0.3) is 5.91 Å². The predicted octanol–water partition coefficient (Wildman–Crippen LogP) is 3.60. The van der Waals surface area contributed by atoms with E-state index in [1.165, 1.54) is 0 Å². The number of ether oxygens (including phenoxy) is 1. The maximum atomic E-state index is 12.5. The second kappa shape index (κ2) is 6.84. The number of carbonyl (C=O) groups is 1. The van der Waals surface area contributed by atoms with Crippen molar-refractivity contribution in [2.75, 3.05) is 12.4 Å². The summed E-state index contributed by atoms with van der Waals surface area (Å²) in [6.07, 6.45) is 3.11. The Balaban J connectivity index is 1.81. The first kappa shape index (κ1) is 16.2. The lowest BCUT2D eigenvalue weighted by Crippen LogP contribution is -2.13. The molecule has 3 aromatic rings. The van der Waals surface area contributed by atoms with Crippen molar-refractivity contribution in [1.82, 2.24) is 14.8 Å². The summed E-state index contributed by atoms with van der Waals surface area (Å²) in [4.78, 5) is 16.5. The van der Waals surface area contributed by atoms with Crippen LogP contribution in [-0.4, -0.2) is 27.8 Å². The van der Waals surface area contributed by atoms with Crippen molar-refractivity contribution >= 4 is 27.5 Å². The lowest BCUT2D eigenvalue weighted by Gasteiger charge is -2.07. The van der Waals surface area contributed by atoms with Gasteiger partial charge >= 0.3 is 0 Å². The Morgan fingerprint density at radius 2 is 1.92 bits per heavy atom. The number of methoxy groups -OCH3 is 1. The number of nitrogens with one attached hydrogen (secondary N) is 1. The van der Waals surface area contributed by atoms with Gasteiger partial charge in [-0.3, -0.25) is 4.79 Å². The van der Waals surface area contributed by atoms with E-state index in [9.17, 15) is 4.79 Å². The molecule has 6 nitrogen and oxygen atoms in total. The van der Waals surface area contributed by atoms with Gasteiger partial charge in [-0.05, 0) is 37.3 Å². The second-order valence-electron chi connectivity index (χ2n) is 5.08. The Morgan fingerprint density at radius 1 is 1.17 bits per heavy atom. The SMILES string of the molecule is COc1ccc(NC(=O)c2cnn(-c3ccc(Br)cc3)c2C)cn1. The summed E-state index contributed by atoms with van der Waals surface area (Å²) in [5.74, 6) is 0.259. The van der Waals surface area contributed by atoms with Crippen LogP contribution >= 0.6 is 15.9 Å². The number of pyridine rings is 1. The Hall–Kier alpha value is -2.67. The fourth-order valence-electron chi connectivity index (χ4n) is 2.25. The van der Waals surface area contributed by atoms with Gasteiger partial charge in [0.2, 0.25) is 5.88 Å². The van der Waals surface area contributed by atoms with Gasteiger partial charge in [-0.2, -0.15) is 5.10 Å². The molecule has 0 radical (unpaired) electrons. The third-order valence-corrected chi connectivity index (χ3v) is 4.06. The molecular formula is C17H15BrN4O2. The molecule has 1 N–H and O–H groups in total. The molecule has 0 spiro atoms. The monoisotopic (exact) mass is 386 g/mol. The number of amides is 1. The lowest BCUT2D eigenvalue weighted by molar-refractivity contribution is 0.102. The summed E-state index contributed by atoms with van der Waals surface area (Å²) in [6.45, 7) is 1.86. The van der Waals surface area contributed by atoms with E-state index < -0.39 is 0 Å². The standard InChI is InChI=1S/C17H15BrN4O2/c1-11-15(10-20-22(11)14-6-3-12(18)4-7-14)17(23)21-13-5-8-16(24-2)19-9-13/h3-10H,1-2H3,(H,21,23). The van der Waals surface area contributed by atoms with Gasteiger partial charge in [0.15, 0.2) is 0 Å². The molecule has 0 aliphatic heterocycles. The summed E-state index contributed by atoms with van der Waals surface area (Å²) in [7, 11) is 1.54. The molecule has 0 saturated carbocycles. The zero-order chi connectivity index (χ0) is 17.1. The highest BCUT2D eigenvalue weighted by Gasteiger charge is 2.15. The van der Waals surface area contributed by atoms with E-state index in [1.54, 1.807) is 36.3 Å². The van der Waals surface area contributed by atoms with Crippen molar-refractivity contribution in [3.05, 3.63) is 64.5 Å². The van der Waals surface area contributed by atoms with Crippen molar-refractivity contribution in [3.63, 3.8) is 0 Å². The molecule has 0 saturated heterocycles. The third kappa shape index (κ3) is 3.30. The van der Waals surface area contributed by atoms with Crippen molar-refractivity contribution in [2.45, 2.75) is 6.92 Å². The molecule has 0 aliphatic rings. The molecule has 0 bridgehead atoms. The van der Waals surface area contributed by atoms with E-state index in [4.69, 9.17) is 4.74 Å². The number of hydrogen-bond donors (Lipinski definition) is 1. The summed E-state index contributed by atoms with van der Waals surface area (Å²) in [5, 5.41) is 7.12. The van der Waals surface area contributed by atoms with Crippen molar-refractivity contribution in [3.8, 4) is 11.6 Å². The summed E-state index contributed by atoms with van der Waals surface area (Å²) in [6, 6.07) is 11.1. The number of benzene rings is 1. The van der Waals surface area contributed by atoms with Crippen molar-refractivity contribution < 1.29 is 9.53 Å². The predicted molar refractivity (Wildman–Crippen MR) is 94.7 cm³/mol. The normalized spacial score (nSPS) is 10.5. The van der Waals surface area contributed by atoms with Crippen LogP contribution in [0.3, 0.4) is 0 Å². The minimum Gasteiger partial charge on any atom is -0.481 e. The molecule has 2 aromatic heterocycles. The molecule has 0 aliphatic carbocycles. The highest BCUT2D eigenvalue weighted by Crippen LogP contribution is 2.18. The summed E-state index contributed by atoms with van der Waals surface area (Å²) >= 11 is 3.40. The van der Waals surface area contributed by atoms with Crippen molar-refractivity contribution in [1.29, 1.82) is 0 Å². The molecule has 24 heavy (non-hydrogen) atoms. The molecular weight excluding hydrogens is 372 g/mol. The quantitative estimate of drug-likeness (QED) is 0.743. The molecule has 3 rings (SSSR count). The van der Waals surface area contributed by atoms with Crippen LogP contribution in [0.15, 0.2) is 53.3 Å². The minimum absolute atomic E-state index is 0.233. The number of hydrogen-bond acceptors (Lipinski definition) is 4. The van der Waals surface area contributed by atoms with Gasteiger partial charge in [0.05, 0.1) is 42.1 Å². The molecule has 1 aromatic carbocycles. The van der Waals surface area contributed by atoms with Crippen LogP contribution in [0, 0.1) is 6.92 Å². The van der Waals surface area contributed by atoms with Gasteiger partial charge in [0, 0.05) is 10.5 Å². The number of halogens is 1. The van der Waals surface area contributed by atoms with Crippen LogP contribution in [0.1, 0.15) is 16.1 Å². The maximum absolute atomic E-state index is 12.5. The van der Waals surface area contributed by atoms with E-state index in [0.29, 0.717) is 17.1 Å². The van der Waals surface area contributed by atoms with Crippen LogP contribution in [0.2, 0.25) is 0 Å². The first-order chi connectivity index (χ1) is 11.6. The zero-order valence-corrected chi connectivity index (χ0v) is 14.7. The Kier molecular flexibility index (Phi) is 4.61. The van der Waals surface area contributed by atoms with Crippen LogP contribution in [0.4, 0.5) is 5.69 Å². The van der Waals surface area contributed by atoms with Crippen LogP contribution in [0.25, 0.3) is 5.69 Å². The topological polar surface area (TPSA) is 69.0 Å². The second-order valence-corrected chi connectivity index (χ2v) is 5.99. The average Bonchev–Trinajstić information content (AvgIpc) is 2.98. The Labute approximate surface area is 147 Å². The summed E-state index contributed by atoms with van der Waals surface area (Å²) in [5.41, 5.74) is 2.75. The van der Waals surface area contributed by atoms with Gasteiger partial charge in [-0.1, -0.05) is 15.9 Å².